The van der Waals surface area contributed by atoms with Crippen molar-refractivity contribution in [3.63, 3.8) is 0 Å². The zero-order valence-corrected chi connectivity index (χ0v) is 12.3. The van der Waals surface area contributed by atoms with E-state index < -0.39 is 0 Å². The Hall–Kier alpha value is -0.580. The van der Waals surface area contributed by atoms with Gasteiger partial charge in [-0.05, 0) is 32.2 Å². The van der Waals surface area contributed by atoms with Gasteiger partial charge in [-0.25, -0.2) is 0 Å². The number of methoxy groups -OCH3 is 1. The highest BCUT2D eigenvalue weighted by Crippen LogP contribution is 2.23. The number of halogens is 1. The molecule has 0 amide bonds. The summed E-state index contributed by atoms with van der Waals surface area (Å²) in [5, 5.41) is 0. The number of benzene rings is 1. The molecule has 0 atom stereocenters. The number of ether oxygens (including phenoxy) is 2. The number of nitrogens with zero attached hydrogens (tertiary/aromatic N) is 1. The fourth-order valence-electron chi connectivity index (χ4n) is 1.61. The fourth-order valence-corrected chi connectivity index (χ4v) is 2.01. The molecule has 0 N–H and O–H groups in total. The Balaban J connectivity index is 2.57. The van der Waals surface area contributed by atoms with E-state index in [2.05, 4.69) is 33.9 Å². The minimum atomic E-state index is 0.767. The molecule has 0 unspecified atom stereocenters. The standard InChI is InChI=1S/C13H20BrNO2/c1-4-17-8-7-15(2)10-11-9-12(14)5-6-13(11)16-3/h5-6,9H,4,7-8,10H2,1-3H3. The summed E-state index contributed by atoms with van der Waals surface area (Å²) in [5.41, 5.74) is 1.18. The molecule has 0 bridgehead atoms. The van der Waals surface area contributed by atoms with Crippen LogP contribution in [0.15, 0.2) is 22.7 Å². The second kappa shape index (κ2) is 7.69. The topological polar surface area (TPSA) is 21.7 Å². The lowest BCUT2D eigenvalue weighted by atomic mass is 10.2. The van der Waals surface area contributed by atoms with Crippen molar-refractivity contribution in [2.75, 3.05) is 33.9 Å². The van der Waals surface area contributed by atoms with Gasteiger partial charge in [0.15, 0.2) is 0 Å². The average Bonchev–Trinajstić information content (AvgIpc) is 2.29. The summed E-state index contributed by atoms with van der Waals surface area (Å²) < 4.78 is 11.8. The maximum absolute atomic E-state index is 5.35. The van der Waals surface area contributed by atoms with Crippen molar-refractivity contribution in [3.05, 3.63) is 28.2 Å². The van der Waals surface area contributed by atoms with Crippen LogP contribution in [0, 0.1) is 0 Å². The van der Waals surface area contributed by atoms with Crippen LogP contribution >= 0.6 is 15.9 Å². The molecule has 0 aromatic heterocycles. The molecule has 0 radical (unpaired) electrons. The molecule has 1 aromatic rings. The van der Waals surface area contributed by atoms with Gasteiger partial charge >= 0.3 is 0 Å². The molecule has 96 valence electrons. The smallest absolute Gasteiger partial charge is 0.123 e. The second-order valence-corrected chi connectivity index (χ2v) is 4.81. The largest absolute Gasteiger partial charge is 0.496 e. The summed E-state index contributed by atoms with van der Waals surface area (Å²) in [7, 11) is 3.78. The Labute approximate surface area is 112 Å². The summed E-state index contributed by atoms with van der Waals surface area (Å²) in [6.07, 6.45) is 0. The monoisotopic (exact) mass is 301 g/mol. The van der Waals surface area contributed by atoms with Crippen molar-refractivity contribution < 1.29 is 9.47 Å². The maximum Gasteiger partial charge on any atom is 0.123 e. The van der Waals surface area contributed by atoms with Crippen molar-refractivity contribution in [1.29, 1.82) is 0 Å². The van der Waals surface area contributed by atoms with Gasteiger partial charge in [0.05, 0.1) is 13.7 Å². The highest BCUT2D eigenvalue weighted by atomic mass is 79.9. The number of hydrogen-bond donors (Lipinski definition) is 0. The minimum absolute atomic E-state index is 0.767. The minimum Gasteiger partial charge on any atom is -0.496 e. The van der Waals surface area contributed by atoms with Crippen LogP contribution in [-0.4, -0.2) is 38.8 Å². The SMILES string of the molecule is CCOCCN(C)Cc1cc(Br)ccc1OC. The van der Waals surface area contributed by atoms with E-state index in [0.717, 1.165) is 36.5 Å². The molecule has 0 heterocycles. The van der Waals surface area contributed by atoms with Gasteiger partial charge in [0.2, 0.25) is 0 Å². The Morgan fingerprint density at radius 3 is 2.76 bits per heavy atom. The molecule has 0 spiro atoms. The van der Waals surface area contributed by atoms with E-state index in [9.17, 15) is 0 Å². The summed E-state index contributed by atoms with van der Waals surface area (Å²) in [4.78, 5) is 2.22. The first-order chi connectivity index (χ1) is 8.17. The van der Waals surface area contributed by atoms with E-state index in [-0.39, 0.29) is 0 Å². The van der Waals surface area contributed by atoms with Gasteiger partial charge in [-0.2, -0.15) is 0 Å². The quantitative estimate of drug-likeness (QED) is 0.723. The number of hydrogen-bond acceptors (Lipinski definition) is 3. The second-order valence-electron chi connectivity index (χ2n) is 3.89. The molecule has 0 aliphatic heterocycles. The third kappa shape index (κ3) is 5.06. The Bertz CT molecular complexity index is 344. The predicted octanol–water partition coefficient (Wildman–Crippen LogP) is 2.93. The maximum atomic E-state index is 5.35. The van der Waals surface area contributed by atoms with Crippen molar-refractivity contribution in [1.82, 2.24) is 4.90 Å². The van der Waals surface area contributed by atoms with E-state index in [4.69, 9.17) is 9.47 Å². The zero-order valence-electron chi connectivity index (χ0n) is 10.7. The third-order valence-electron chi connectivity index (χ3n) is 2.50. The Morgan fingerprint density at radius 1 is 1.35 bits per heavy atom. The first-order valence-electron chi connectivity index (χ1n) is 5.76. The van der Waals surface area contributed by atoms with Crippen LogP contribution in [0.3, 0.4) is 0 Å². The van der Waals surface area contributed by atoms with Gasteiger partial charge in [0.25, 0.3) is 0 Å². The van der Waals surface area contributed by atoms with Crippen LogP contribution in [0.25, 0.3) is 0 Å². The lowest BCUT2D eigenvalue weighted by Gasteiger charge is -2.18. The molecule has 3 nitrogen and oxygen atoms in total. The first-order valence-corrected chi connectivity index (χ1v) is 6.55. The molecule has 4 heteroatoms. The summed E-state index contributed by atoms with van der Waals surface area (Å²) in [6.45, 7) is 5.33. The van der Waals surface area contributed by atoms with E-state index in [1.54, 1.807) is 7.11 Å². The lowest BCUT2D eigenvalue weighted by Crippen LogP contribution is -2.23. The Kier molecular flexibility index (Phi) is 6.55. The molecule has 1 rings (SSSR count). The molecular formula is C13H20BrNO2. The summed E-state index contributed by atoms with van der Waals surface area (Å²) in [5.74, 6) is 0.927. The normalized spacial score (nSPS) is 10.9. The molecule has 0 fully saturated rings. The fraction of sp³-hybridized carbons (Fsp3) is 0.538. The summed E-state index contributed by atoms with van der Waals surface area (Å²) in [6, 6.07) is 6.06. The lowest BCUT2D eigenvalue weighted by molar-refractivity contribution is 0.120. The van der Waals surface area contributed by atoms with E-state index in [1.165, 1.54) is 5.56 Å². The van der Waals surface area contributed by atoms with E-state index in [1.807, 2.05) is 19.1 Å². The van der Waals surface area contributed by atoms with Crippen molar-refractivity contribution in [2.45, 2.75) is 13.5 Å². The third-order valence-corrected chi connectivity index (χ3v) is 3.00. The van der Waals surface area contributed by atoms with Crippen molar-refractivity contribution >= 4 is 15.9 Å². The van der Waals surface area contributed by atoms with Crippen molar-refractivity contribution in [2.24, 2.45) is 0 Å². The van der Waals surface area contributed by atoms with E-state index >= 15 is 0 Å². The highest BCUT2D eigenvalue weighted by molar-refractivity contribution is 9.10. The van der Waals surface area contributed by atoms with Crippen molar-refractivity contribution in [3.8, 4) is 5.75 Å². The van der Waals surface area contributed by atoms with Crippen LogP contribution < -0.4 is 4.74 Å². The Morgan fingerprint density at radius 2 is 2.12 bits per heavy atom. The van der Waals surface area contributed by atoms with Crippen LogP contribution in [0.4, 0.5) is 0 Å². The molecule has 0 saturated heterocycles. The number of likely N-dealkylation sites (N-methyl/N-ethyl adjacent to an activating group) is 1. The van der Waals surface area contributed by atoms with E-state index in [0.29, 0.717) is 0 Å². The molecule has 0 aliphatic rings. The molecule has 0 saturated carbocycles. The van der Waals surface area contributed by atoms with Crippen LogP contribution in [0.5, 0.6) is 5.75 Å². The summed E-state index contributed by atoms with van der Waals surface area (Å²) >= 11 is 3.48. The average molecular weight is 302 g/mol. The first kappa shape index (κ1) is 14.5. The number of rotatable bonds is 7. The van der Waals surface area contributed by atoms with Gasteiger partial charge in [-0.3, -0.25) is 4.90 Å². The predicted molar refractivity (Wildman–Crippen MR) is 73.5 cm³/mol. The van der Waals surface area contributed by atoms with Gasteiger partial charge in [0, 0.05) is 29.7 Å². The molecule has 0 aliphatic carbocycles. The van der Waals surface area contributed by atoms with Crippen LogP contribution in [0.2, 0.25) is 0 Å². The zero-order chi connectivity index (χ0) is 12.7. The van der Waals surface area contributed by atoms with Gasteiger partial charge in [0.1, 0.15) is 5.75 Å². The molecule has 17 heavy (non-hydrogen) atoms. The highest BCUT2D eigenvalue weighted by Gasteiger charge is 2.06. The van der Waals surface area contributed by atoms with Gasteiger partial charge in [-0.1, -0.05) is 15.9 Å². The van der Waals surface area contributed by atoms with Crippen LogP contribution in [-0.2, 0) is 11.3 Å². The van der Waals surface area contributed by atoms with Gasteiger partial charge in [-0.15, -0.1) is 0 Å². The molecule has 1 aromatic carbocycles. The van der Waals surface area contributed by atoms with Crippen LogP contribution in [0.1, 0.15) is 12.5 Å². The van der Waals surface area contributed by atoms with Gasteiger partial charge < -0.3 is 9.47 Å². The molecular weight excluding hydrogens is 282 g/mol.